The molecule has 1 heterocycles. The third kappa shape index (κ3) is 4.07. The number of hydrogen-bond acceptors (Lipinski definition) is 3. The van der Waals surface area contributed by atoms with Gasteiger partial charge in [-0.15, -0.1) is 0 Å². The molecule has 0 bridgehead atoms. The average Bonchev–Trinajstić information content (AvgIpc) is 2.65. The van der Waals surface area contributed by atoms with Crippen LogP contribution in [0.15, 0.2) is 48.5 Å². The molecule has 1 amide bonds. The summed E-state index contributed by atoms with van der Waals surface area (Å²) in [6.45, 7) is 3.25. The maximum Gasteiger partial charge on any atom is 0.220 e. The Balaban J connectivity index is 1.55. The zero-order chi connectivity index (χ0) is 16.8. The van der Waals surface area contributed by atoms with Crippen LogP contribution in [-0.4, -0.2) is 19.1 Å². The molecule has 0 fully saturated rings. The van der Waals surface area contributed by atoms with Crippen molar-refractivity contribution in [3.05, 3.63) is 59.7 Å². The molecule has 4 nitrogen and oxygen atoms in total. The molecule has 1 aliphatic rings. The molecule has 3 rings (SSSR count). The van der Waals surface area contributed by atoms with Gasteiger partial charge in [-0.05, 0) is 36.1 Å². The van der Waals surface area contributed by atoms with E-state index in [1.54, 1.807) is 0 Å². The van der Waals surface area contributed by atoms with Crippen molar-refractivity contribution in [2.24, 2.45) is 0 Å². The molecule has 1 aliphatic heterocycles. The number of hydrogen-bond donors (Lipinski definition) is 1. The van der Waals surface area contributed by atoms with Crippen LogP contribution in [0.5, 0.6) is 11.5 Å². The number of amides is 1. The van der Waals surface area contributed by atoms with Crippen LogP contribution in [0.2, 0.25) is 0 Å². The summed E-state index contributed by atoms with van der Waals surface area (Å²) in [5, 5.41) is 3.12. The molecule has 2 aromatic carbocycles. The lowest BCUT2D eigenvalue weighted by molar-refractivity contribution is -0.121. The van der Waals surface area contributed by atoms with Crippen molar-refractivity contribution in [2.75, 3.05) is 13.2 Å². The summed E-state index contributed by atoms with van der Waals surface area (Å²) >= 11 is 0. The van der Waals surface area contributed by atoms with Gasteiger partial charge in [0, 0.05) is 6.42 Å². The van der Waals surface area contributed by atoms with Crippen molar-refractivity contribution in [3.63, 3.8) is 0 Å². The van der Waals surface area contributed by atoms with Crippen LogP contribution in [0.25, 0.3) is 0 Å². The molecule has 2 aromatic rings. The fourth-order valence-electron chi connectivity index (χ4n) is 2.87. The summed E-state index contributed by atoms with van der Waals surface area (Å²) < 4.78 is 11.1. The molecule has 24 heavy (non-hydrogen) atoms. The van der Waals surface area contributed by atoms with Crippen LogP contribution in [0.1, 0.15) is 36.9 Å². The lowest BCUT2D eigenvalue weighted by atomic mass is 10.0. The van der Waals surface area contributed by atoms with Gasteiger partial charge in [-0.2, -0.15) is 0 Å². The smallest absolute Gasteiger partial charge is 0.220 e. The van der Waals surface area contributed by atoms with Gasteiger partial charge in [-0.1, -0.05) is 43.3 Å². The predicted molar refractivity (Wildman–Crippen MR) is 93.4 cm³/mol. The number of fused-ring (bicyclic) bond motifs is 1. The van der Waals surface area contributed by atoms with Crippen molar-refractivity contribution < 1.29 is 14.3 Å². The number of aryl methyl sites for hydroxylation is 1. The van der Waals surface area contributed by atoms with Gasteiger partial charge in [0.15, 0.2) is 11.5 Å². The number of rotatable bonds is 6. The summed E-state index contributed by atoms with van der Waals surface area (Å²) in [7, 11) is 0. The Labute approximate surface area is 142 Å². The van der Waals surface area contributed by atoms with Crippen LogP contribution >= 0.6 is 0 Å². The molecular weight excluding hydrogens is 302 g/mol. The Kier molecular flexibility index (Phi) is 5.36. The molecular formula is C20H23NO3. The highest BCUT2D eigenvalue weighted by molar-refractivity contribution is 5.76. The van der Waals surface area contributed by atoms with Crippen LogP contribution in [0.3, 0.4) is 0 Å². The van der Waals surface area contributed by atoms with Gasteiger partial charge in [0.25, 0.3) is 0 Å². The summed E-state index contributed by atoms with van der Waals surface area (Å²) in [5.74, 6) is 1.63. The Morgan fingerprint density at radius 2 is 1.83 bits per heavy atom. The molecule has 0 aromatic heterocycles. The van der Waals surface area contributed by atoms with E-state index in [1.165, 1.54) is 0 Å². The predicted octanol–water partition coefficient (Wildman–Crippen LogP) is 3.66. The van der Waals surface area contributed by atoms with Gasteiger partial charge in [0.2, 0.25) is 5.91 Å². The number of carbonyl (C=O) groups excluding carboxylic acids is 1. The molecule has 1 unspecified atom stereocenters. The molecule has 0 spiro atoms. The first-order chi connectivity index (χ1) is 11.8. The van der Waals surface area contributed by atoms with E-state index in [0.717, 1.165) is 29.0 Å². The van der Waals surface area contributed by atoms with Crippen molar-refractivity contribution >= 4 is 5.91 Å². The second-order valence-corrected chi connectivity index (χ2v) is 5.92. The van der Waals surface area contributed by atoms with Crippen LogP contribution in [-0.2, 0) is 11.2 Å². The lowest BCUT2D eigenvalue weighted by Gasteiger charge is -2.19. The van der Waals surface area contributed by atoms with Crippen LogP contribution in [0.4, 0.5) is 0 Å². The van der Waals surface area contributed by atoms with E-state index in [-0.39, 0.29) is 11.9 Å². The van der Waals surface area contributed by atoms with Crippen molar-refractivity contribution in [3.8, 4) is 11.5 Å². The van der Waals surface area contributed by atoms with Crippen LogP contribution < -0.4 is 14.8 Å². The summed E-state index contributed by atoms with van der Waals surface area (Å²) in [6, 6.07) is 16.0. The highest BCUT2D eigenvalue weighted by Crippen LogP contribution is 2.31. The van der Waals surface area contributed by atoms with E-state index < -0.39 is 0 Å². The van der Waals surface area contributed by atoms with E-state index in [1.807, 2.05) is 36.4 Å². The highest BCUT2D eigenvalue weighted by Gasteiger charge is 2.14. The zero-order valence-corrected chi connectivity index (χ0v) is 14.0. The normalized spacial score (nSPS) is 14.0. The van der Waals surface area contributed by atoms with Gasteiger partial charge in [-0.3, -0.25) is 4.79 Å². The van der Waals surface area contributed by atoms with Gasteiger partial charge in [0.1, 0.15) is 13.2 Å². The second kappa shape index (κ2) is 7.86. The standard InChI is InChI=1S/C20H23NO3/c1-2-17(16-6-4-3-5-7-16)21-20(22)11-9-15-8-10-18-19(14-15)24-13-12-23-18/h3-8,10,14,17H,2,9,11-13H2,1H3,(H,21,22). The minimum absolute atomic E-state index is 0.0685. The molecule has 126 valence electrons. The van der Waals surface area contributed by atoms with Gasteiger partial charge in [-0.25, -0.2) is 0 Å². The molecule has 1 atom stereocenters. The first-order valence-electron chi connectivity index (χ1n) is 8.49. The number of ether oxygens (including phenoxy) is 2. The largest absolute Gasteiger partial charge is 0.486 e. The summed E-state index contributed by atoms with van der Waals surface area (Å²) in [6.07, 6.45) is 2.02. The van der Waals surface area contributed by atoms with Crippen molar-refractivity contribution in [1.82, 2.24) is 5.32 Å². The molecule has 0 saturated carbocycles. The van der Waals surface area contributed by atoms with Gasteiger partial charge in [0.05, 0.1) is 6.04 Å². The quantitative estimate of drug-likeness (QED) is 0.882. The number of benzene rings is 2. The first-order valence-corrected chi connectivity index (χ1v) is 8.49. The van der Waals surface area contributed by atoms with Crippen molar-refractivity contribution in [1.29, 1.82) is 0 Å². The second-order valence-electron chi connectivity index (χ2n) is 5.92. The molecule has 0 radical (unpaired) electrons. The van der Waals surface area contributed by atoms with E-state index in [0.29, 0.717) is 26.1 Å². The van der Waals surface area contributed by atoms with E-state index in [2.05, 4.69) is 24.4 Å². The Bertz CT molecular complexity index is 685. The minimum atomic E-state index is 0.0685. The Hall–Kier alpha value is -2.49. The molecule has 4 heteroatoms. The van der Waals surface area contributed by atoms with Crippen molar-refractivity contribution in [2.45, 2.75) is 32.2 Å². The van der Waals surface area contributed by atoms with Gasteiger partial charge >= 0.3 is 0 Å². The fraction of sp³-hybridized carbons (Fsp3) is 0.350. The maximum absolute atomic E-state index is 12.3. The van der Waals surface area contributed by atoms with Gasteiger partial charge < -0.3 is 14.8 Å². The Morgan fingerprint density at radius 1 is 1.08 bits per heavy atom. The average molecular weight is 325 g/mol. The number of nitrogens with one attached hydrogen (secondary N) is 1. The van der Waals surface area contributed by atoms with E-state index in [9.17, 15) is 4.79 Å². The number of carbonyl (C=O) groups is 1. The fourth-order valence-corrected chi connectivity index (χ4v) is 2.87. The molecule has 1 N–H and O–H groups in total. The Morgan fingerprint density at radius 3 is 2.58 bits per heavy atom. The topological polar surface area (TPSA) is 47.6 Å². The third-order valence-electron chi connectivity index (χ3n) is 4.19. The highest BCUT2D eigenvalue weighted by atomic mass is 16.6. The minimum Gasteiger partial charge on any atom is -0.486 e. The SMILES string of the molecule is CCC(NC(=O)CCc1ccc2c(c1)OCCO2)c1ccccc1. The first kappa shape index (κ1) is 16.4. The molecule has 0 aliphatic carbocycles. The van der Waals surface area contributed by atoms with Crippen LogP contribution in [0, 0.1) is 0 Å². The summed E-state index contributed by atoms with van der Waals surface area (Å²) in [4.78, 5) is 12.3. The maximum atomic E-state index is 12.3. The zero-order valence-electron chi connectivity index (χ0n) is 14.0. The third-order valence-corrected chi connectivity index (χ3v) is 4.19. The lowest BCUT2D eigenvalue weighted by Crippen LogP contribution is -2.28. The summed E-state index contributed by atoms with van der Waals surface area (Å²) in [5.41, 5.74) is 2.23. The van der Waals surface area contributed by atoms with E-state index in [4.69, 9.17) is 9.47 Å². The monoisotopic (exact) mass is 325 g/mol. The molecule has 0 saturated heterocycles. The van der Waals surface area contributed by atoms with E-state index >= 15 is 0 Å².